The van der Waals surface area contributed by atoms with Crippen LogP contribution in [-0.2, 0) is 6.54 Å². The smallest absolute Gasteiger partial charge is 0.319 e. The van der Waals surface area contributed by atoms with E-state index in [1.165, 1.54) is 0 Å². The molecule has 3 rings (SSSR count). The Labute approximate surface area is 120 Å². The number of pyridine rings is 1. The van der Waals surface area contributed by atoms with E-state index in [0.717, 1.165) is 38.4 Å². The maximum atomic E-state index is 12.0. The van der Waals surface area contributed by atoms with Crippen molar-refractivity contribution in [1.29, 1.82) is 0 Å². The van der Waals surface area contributed by atoms with Gasteiger partial charge in [-0.05, 0) is 24.0 Å². The molecule has 1 aromatic heterocycles. The third kappa shape index (κ3) is 2.63. The Morgan fingerprint density at radius 3 is 2.50 bits per heavy atom. The van der Waals surface area contributed by atoms with Crippen LogP contribution in [0.3, 0.4) is 0 Å². The molecule has 2 unspecified atom stereocenters. The molecular formula is C15H22N4O. The lowest BCUT2D eigenvalue weighted by molar-refractivity contribution is 0.173. The second-order valence-electron chi connectivity index (χ2n) is 6.12. The number of likely N-dealkylation sites (tertiary alicyclic amines) is 2. The summed E-state index contributed by atoms with van der Waals surface area (Å²) in [4.78, 5) is 22.5. The number of carbonyl (C=O) groups is 1. The van der Waals surface area contributed by atoms with Crippen LogP contribution < -0.4 is 0 Å². The Balaban J connectivity index is 1.55. The maximum Gasteiger partial charge on any atom is 0.319 e. The summed E-state index contributed by atoms with van der Waals surface area (Å²) in [6.45, 7) is 4.90. The summed E-state index contributed by atoms with van der Waals surface area (Å²) in [6.07, 6.45) is 1.85. The summed E-state index contributed by atoms with van der Waals surface area (Å²) in [6, 6.07) is 6.22. The highest BCUT2D eigenvalue weighted by Crippen LogP contribution is 2.32. The SMILES string of the molecule is CN(C)C(=O)N1CC2CN(Cc3ccccn3)CC2C1. The topological polar surface area (TPSA) is 39.7 Å². The van der Waals surface area contributed by atoms with Gasteiger partial charge in [-0.15, -0.1) is 0 Å². The fourth-order valence-corrected chi connectivity index (χ4v) is 3.38. The minimum absolute atomic E-state index is 0.149. The van der Waals surface area contributed by atoms with Gasteiger partial charge in [0.2, 0.25) is 0 Å². The maximum absolute atomic E-state index is 12.0. The zero-order valence-corrected chi connectivity index (χ0v) is 12.2. The number of amides is 2. The quantitative estimate of drug-likeness (QED) is 0.811. The van der Waals surface area contributed by atoms with Crippen molar-refractivity contribution in [3.63, 3.8) is 0 Å². The minimum Gasteiger partial charge on any atom is -0.331 e. The number of aromatic nitrogens is 1. The van der Waals surface area contributed by atoms with E-state index in [2.05, 4.69) is 16.0 Å². The predicted octanol–water partition coefficient (Wildman–Crippen LogP) is 1.13. The summed E-state index contributed by atoms with van der Waals surface area (Å²) in [5.74, 6) is 1.25. The molecule has 0 N–H and O–H groups in total. The van der Waals surface area contributed by atoms with Crippen LogP contribution in [0.1, 0.15) is 5.69 Å². The number of hydrogen-bond acceptors (Lipinski definition) is 3. The van der Waals surface area contributed by atoms with Crippen LogP contribution >= 0.6 is 0 Å². The van der Waals surface area contributed by atoms with Gasteiger partial charge in [-0.2, -0.15) is 0 Å². The number of fused-ring (bicyclic) bond motifs is 1. The van der Waals surface area contributed by atoms with Crippen LogP contribution in [0.25, 0.3) is 0 Å². The minimum atomic E-state index is 0.149. The van der Waals surface area contributed by atoms with E-state index in [1.54, 1.807) is 4.90 Å². The Kier molecular flexibility index (Phi) is 3.61. The predicted molar refractivity (Wildman–Crippen MR) is 77.2 cm³/mol. The average molecular weight is 274 g/mol. The molecule has 0 bridgehead atoms. The van der Waals surface area contributed by atoms with Crippen LogP contribution in [0.4, 0.5) is 4.79 Å². The monoisotopic (exact) mass is 274 g/mol. The van der Waals surface area contributed by atoms with Gasteiger partial charge < -0.3 is 9.80 Å². The van der Waals surface area contributed by atoms with Gasteiger partial charge in [0.05, 0.1) is 5.69 Å². The molecule has 0 saturated carbocycles. The van der Waals surface area contributed by atoms with Crippen LogP contribution in [0.2, 0.25) is 0 Å². The highest BCUT2D eigenvalue weighted by atomic mass is 16.2. The van der Waals surface area contributed by atoms with E-state index in [-0.39, 0.29) is 6.03 Å². The largest absolute Gasteiger partial charge is 0.331 e. The first-order valence-electron chi connectivity index (χ1n) is 7.22. The Morgan fingerprint density at radius 1 is 1.25 bits per heavy atom. The van der Waals surface area contributed by atoms with Gasteiger partial charge in [-0.1, -0.05) is 6.07 Å². The molecule has 2 amide bonds. The van der Waals surface area contributed by atoms with E-state index in [0.29, 0.717) is 11.8 Å². The van der Waals surface area contributed by atoms with Crippen LogP contribution in [-0.4, -0.2) is 66.0 Å². The Hall–Kier alpha value is -1.62. The van der Waals surface area contributed by atoms with Crippen molar-refractivity contribution in [3.8, 4) is 0 Å². The second-order valence-corrected chi connectivity index (χ2v) is 6.12. The van der Waals surface area contributed by atoms with Crippen molar-refractivity contribution >= 4 is 6.03 Å². The molecule has 2 atom stereocenters. The highest BCUT2D eigenvalue weighted by molar-refractivity contribution is 5.74. The number of hydrogen-bond donors (Lipinski definition) is 0. The van der Waals surface area contributed by atoms with Crippen molar-refractivity contribution in [1.82, 2.24) is 19.7 Å². The van der Waals surface area contributed by atoms with E-state index in [1.807, 2.05) is 37.3 Å². The molecule has 0 radical (unpaired) electrons. The lowest BCUT2D eigenvalue weighted by atomic mass is 10.0. The molecule has 2 fully saturated rings. The molecule has 1 aromatic rings. The van der Waals surface area contributed by atoms with Crippen LogP contribution in [0, 0.1) is 11.8 Å². The summed E-state index contributed by atoms with van der Waals surface area (Å²) in [5.41, 5.74) is 1.13. The Bertz CT molecular complexity index is 462. The third-order valence-electron chi connectivity index (χ3n) is 4.33. The summed E-state index contributed by atoms with van der Waals surface area (Å²) >= 11 is 0. The van der Waals surface area contributed by atoms with E-state index in [4.69, 9.17) is 0 Å². The fourth-order valence-electron chi connectivity index (χ4n) is 3.38. The number of carbonyl (C=O) groups excluding carboxylic acids is 1. The number of nitrogens with zero attached hydrogens (tertiary/aromatic N) is 4. The molecule has 108 valence electrons. The normalized spacial score (nSPS) is 25.8. The number of urea groups is 1. The average Bonchev–Trinajstić information content (AvgIpc) is 2.96. The van der Waals surface area contributed by atoms with Crippen molar-refractivity contribution < 1.29 is 4.79 Å². The van der Waals surface area contributed by atoms with Crippen LogP contribution in [0.5, 0.6) is 0 Å². The van der Waals surface area contributed by atoms with E-state index >= 15 is 0 Å². The first kappa shape index (κ1) is 13.4. The van der Waals surface area contributed by atoms with Crippen LogP contribution in [0.15, 0.2) is 24.4 Å². The first-order valence-corrected chi connectivity index (χ1v) is 7.22. The molecular weight excluding hydrogens is 252 g/mol. The molecule has 0 aromatic carbocycles. The molecule has 5 nitrogen and oxygen atoms in total. The molecule has 2 saturated heterocycles. The zero-order chi connectivity index (χ0) is 14.1. The van der Waals surface area contributed by atoms with Gasteiger partial charge in [-0.3, -0.25) is 9.88 Å². The summed E-state index contributed by atoms with van der Waals surface area (Å²) in [7, 11) is 3.65. The van der Waals surface area contributed by atoms with Gasteiger partial charge in [0.15, 0.2) is 0 Å². The van der Waals surface area contributed by atoms with Gasteiger partial charge in [0.25, 0.3) is 0 Å². The van der Waals surface area contributed by atoms with Crippen molar-refractivity contribution in [2.75, 3.05) is 40.3 Å². The molecule has 0 spiro atoms. The molecule has 3 heterocycles. The molecule has 5 heteroatoms. The molecule has 0 aliphatic carbocycles. The lowest BCUT2D eigenvalue weighted by Gasteiger charge is -2.24. The van der Waals surface area contributed by atoms with E-state index in [9.17, 15) is 4.79 Å². The Morgan fingerprint density at radius 2 is 1.95 bits per heavy atom. The summed E-state index contributed by atoms with van der Waals surface area (Å²) < 4.78 is 0. The van der Waals surface area contributed by atoms with Crippen molar-refractivity contribution in [2.45, 2.75) is 6.54 Å². The third-order valence-corrected chi connectivity index (χ3v) is 4.33. The van der Waals surface area contributed by atoms with Gasteiger partial charge >= 0.3 is 6.03 Å². The van der Waals surface area contributed by atoms with Crippen molar-refractivity contribution in [2.24, 2.45) is 11.8 Å². The van der Waals surface area contributed by atoms with E-state index < -0.39 is 0 Å². The van der Waals surface area contributed by atoms with Gasteiger partial charge in [0.1, 0.15) is 0 Å². The zero-order valence-electron chi connectivity index (χ0n) is 12.2. The standard InChI is InChI=1S/C15H22N4O/c1-17(2)15(20)19-9-12-7-18(8-13(12)10-19)11-14-5-3-4-6-16-14/h3-6,12-13H,7-11H2,1-2H3. The first-order chi connectivity index (χ1) is 9.63. The van der Waals surface area contributed by atoms with Crippen molar-refractivity contribution in [3.05, 3.63) is 30.1 Å². The molecule has 2 aliphatic heterocycles. The van der Waals surface area contributed by atoms with Gasteiger partial charge in [-0.25, -0.2) is 4.79 Å². The second kappa shape index (κ2) is 5.40. The lowest BCUT2D eigenvalue weighted by Crippen LogP contribution is -2.39. The molecule has 2 aliphatic rings. The van der Waals surface area contributed by atoms with Gasteiger partial charge in [0, 0.05) is 53.0 Å². The summed E-state index contributed by atoms with van der Waals surface area (Å²) in [5, 5.41) is 0. The fraction of sp³-hybridized carbons (Fsp3) is 0.600. The highest BCUT2D eigenvalue weighted by Gasteiger charge is 2.41. The molecule has 20 heavy (non-hydrogen) atoms. The number of rotatable bonds is 2.